The summed E-state index contributed by atoms with van der Waals surface area (Å²) >= 11 is 0. The van der Waals surface area contributed by atoms with Crippen LogP contribution in [0.3, 0.4) is 0 Å². The van der Waals surface area contributed by atoms with E-state index in [-0.39, 0.29) is 17.5 Å². The minimum Gasteiger partial charge on any atom is -0.455 e. The van der Waals surface area contributed by atoms with Crippen LogP contribution in [-0.4, -0.2) is 23.2 Å². The first-order chi connectivity index (χ1) is 9.85. The summed E-state index contributed by atoms with van der Waals surface area (Å²) in [5, 5.41) is 3.83. The number of amides is 1. The number of rotatable bonds is 3. The van der Waals surface area contributed by atoms with E-state index in [0.29, 0.717) is 12.8 Å². The van der Waals surface area contributed by atoms with Crippen molar-refractivity contribution < 1.29 is 14.3 Å². The van der Waals surface area contributed by atoms with Crippen LogP contribution >= 0.6 is 0 Å². The molecule has 2 rings (SSSR count). The first-order valence-electron chi connectivity index (χ1n) is 6.99. The van der Waals surface area contributed by atoms with Crippen LogP contribution in [0, 0.1) is 5.92 Å². The van der Waals surface area contributed by atoms with Gasteiger partial charge in [0.15, 0.2) is 0 Å². The molecule has 112 valence electrons. The van der Waals surface area contributed by atoms with Crippen LogP contribution in [0.4, 0.5) is 0 Å². The molecule has 1 heterocycles. The first-order valence-corrected chi connectivity index (χ1v) is 6.99. The van der Waals surface area contributed by atoms with Crippen LogP contribution < -0.4 is 5.43 Å². The quantitative estimate of drug-likeness (QED) is 0.866. The van der Waals surface area contributed by atoms with Gasteiger partial charge < -0.3 is 4.74 Å². The third-order valence-corrected chi connectivity index (χ3v) is 3.07. The van der Waals surface area contributed by atoms with E-state index in [2.05, 4.69) is 10.5 Å². The van der Waals surface area contributed by atoms with Gasteiger partial charge in [-0.15, -0.1) is 0 Å². The molecule has 0 fully saturated rings. The predicted molar refractivity (Wildman–Crippen MR) is 79.7 cm³/mol. The normalized spacial score (nSPS) is 18.7. The zero-order valence-corrected chi connectivity index (χ0v) is 12.6. The van der Waals surface area contributed by atoms with Crippen LogP contribution in [-0.2, 0) is 20.7 Å². The average Bonchev–Trinajstić information content (AvgIpc) is 2.40. The number of nitrogens with one attached hydrogen (secondary N) is 1. The van der Waals surface area contributed by atoms with Crippen molar-refractivity contribution in [3.05, 3.63) is 35.9 Å². The molecule has 0 aromatic heterocycles. The van der Waals surface area contributed by atoms with Gasteiger partial charge >= 0.3 is 5.97 Å². The largest absolute Gasteiger partial charge is 0.455 e. The van der Waals surface area contributed by atoms with Gasteiger partial charge in [-0.2, -0.15) is 5.10 Å². The Bertz CT molecular complexity index is 559. The molecule has 0 saturated heterocycles. The molecule has 1 amide bonds. The van der Waals surface area contributed by atoms with Crippen molar-refractivity contribution in [2.75, 3.05) is 0 Å². The highest BCUT2D eigenvalue weighted by atomic mass is 16.6. The van der Waals surface area contributed by atoms with E-state index in [0.717, 1.165) is 5.56 Å². The van der Waals surface area contributed by atoms with Crippen molar-refractivity contribution in [3.8, 4) is 0 Å². The Labute approximate surface area is 124 Å². The van der Waals surface area contributed by atoms with E-state index in [1.807, 2.05) is 30.3 Å². The van der Waals surface area contributed by atoms with E-state index in [9.17, 15) is 9.59 Å². The highest BCUT2D eigenvalue weighted by Gasteiger charge is 2.31. The van der Waals surface area contributed by atoms with Crippen LogP contribution in [0.2, 0.25) is 0 Å². The van der Waals surface area contributed by atoms with Gasteiger partial charge in [-0.3, -0.25) is 4.79 Å². The molecule has 1 aliphatic rings. The zero-order valence-electron chi connectivity index (χ0n) is 12.6. The van der Waals surface area contributed by atoms with E-state index >= 15 is 0 Å². The maximum absolute atomic E-state index is 12.0. The fourth-order valence-electron chi connectivity index (χ4n) is 2.12. The summed E-state index contributed by atoms with van der Waals surface area (Å²) in [6, 6.07) is 9.72. The van der Waals surface area contributed by atoms with Gasteiger partial charge in [0.1, 0.15) is 11.3 Å². The number of hydrogen-bond acceptors (Lipinski definition) is 4. The van der Waals surface area contributed by atoms with Gasteiger partial charge in [0.05, 0.1) is 0 Å². The molecule has 5 nitrogen and oxygen atoms in total. The molecule has 0 radical (unpaired) electrons. The van der Waals surface area contributed by atoms with E-state index in [1.165, 1.54) is 0 Å². The number of hydrogen-bond donors (Lipinski definition) is 1. The molecule has 1 aromatic carbocycles. The maximum atomic E-state index is 12.0. The molecule has 0 bridgehead atoms. The number of ether oxygens (including phenoxy) is 1. The molecule has 0 aliphatic carbocycles. The van der Waals surface area contributed by atoms with E-state index < -0.39 is 11.6 Å². The van der Waals surface area contributed by atoms with E-state index in [4.69, 9.17) is 4.74 Å². The lowest BCUT2D eigenvalue weighted by Crippen LogP contribution is -2.40. The fraction of sp³-hybridized carbons (Fsp3) is 0.438. The number of benzene rings is 1. The van der Waals surface area contributed by atoms with Gasteiger partial charge in [0, 0.05) is 12.3 Å². The standard InChI is InChI=1S/C16H20N2O3/c1-16(2,3)21-15(20)13-10-12(14(19)18-17-13)9-11-7-5-4-6-8-11/h4-8,12H,9-10H2,1-3H3,(H,18,19)/t12-/m0/s1. The molecule has 0 unspecified atom stereocenters. The van der Waals surface area contributed by atoms with Crippen LogP contribution in [0.25, 0.3) is 0 Å². The second kappa shape index (κ2) is 6.08. The van der Waals surface area contributed by atoms with Gasteiger partial charge in [0.25, 0.3) is 0 Å². The average molecular weight is 288 g/mol. The van der Waals surface area contributed by atoms with Gasteiger partial charge in [-0.05, 0) is 32.8 Å². The van der Waals surface area contributed by atoms with Crippen molar-refractivity contribution in [2.24, 2.45) is 11.0 Å². The molecule has 0 saturated carbocycles. The Morgan fingerprint density at radius 2 is 2.00 bits per heavy atom. The molecule has 1 N–H and O–H groups in total. The molecule has 0 spiro atoms. The van der Waals surface area contributed by atoms with Crippen molar-refractivity contribution in [3.63, 3.8) is 0 Å². The Kier molecular flexibility index (Phi) is 4.40. The predicted octanol–water partition coefficient (Wildman–Crippen LogP) is 2.06. The highest BCUT2D eigenvalue weighted by molar-refractivity contribution is 6.37. The number of esters is 1. The number of carbonyl (C=O) groups is 2. The summed E-state index contributed by atoms with van der Waals surface area (Å²) < 4.78 is 5.29. The Balaban J connectivity index is 2.04. The summed E-state index contributed by atoms with van der Waals surface area (Å²) in [6.07, 6.45) is 0.879. The van der Waals surface area contributed by atoms with Crippen molar-refractivity contribution >= 4 is 17.6 Å². The first kappa shape index (κ1) is 15.2. The lowest BCUT2D eigenvalue weighted by Gasteiger charge is -2.24. The molecule has 1 aliphatic heterocycles. The molecule has 1 aromatic rings. The Morgan fingerprint density at radius 3 is 2.62 bits per heavy atom. The van der Waals surface area contributed by atoms with Gasteiger partial charge in [0.2, 0.25) is 5.91 Å². The van der Waals surface area contributed by atoms with Crippen LogP contribution in [0.5, 0.6) is 0 Å². The molecule has 21 heavy (non-hydrogen) atoms. The maximum Gasteiger partial charge on any atom is 0.355 e. The van der Waals surface area contributed by atoms with Crippen molar-refractivity contribution in [1.29, 1.82) is 0 Å². The number of carbonyl (C=O) groups excluding carboxylic acids is 2. The number of hydrazone groups is 1. The lowest BCUT2D eigenvalue weighted by molar-refractivity contribution is -0.146. The molecule has 5 heteroatoms. The number of nitrogens with zero attached hydrogens (tertiary/aromatic N) is 1. The Hall–Kier alpha value is -2.17. The van der Waals surface area contributed by atoms with Gasteiger partial charge in [-0.1, -0.05) is 30.3 Å². The highest BCUT2D eigenvalue weighted by Crippen LogP contribution is 2.18. The SMILES string of the molecule is CC(C)(C)OC(=O)C1=NNC(=O)[C@@H](Cc2ccccc2)C1. The second-order valence-electron chi connectivity index (χ2n) is 6.13. The van der Waals surface area contributed by atoms with Crippen LogP contribution in [0.15, 0.2) is 35.4 Å². The minimum absolute atomic E-state index is 0.161. The lowest BCUT2D eigenvalue weighted by atomic mass is 9.92. The smallest absolute Gasteiger partial charge is 0.355 e. The van der Waals surface area contributed by atoms with Gasteiger partial charge in [-0.25, -0.2) is 10.2 Å². The third-order valence-electron chi connectivity index (χ3n) is 3.07. The van der Waals surface area contributed by atoms with Crippen LogP contribution in [0.1, 0.15) is 32.8 Å². The van der Waals surface area contributed by atoms with Crippen molar-refractivity contribution in [1.82, 2.24) is 5.43 Å². The van der Waals surface area contributed by atoms with Crippen molar-refractivity contribution in [2.45, 2.75) is 39.2 Å². The Morgan fingerprint density at radius 1 is 1.33 bits per heavy atom. The fourth-order valence-corrected chi connectivity index (χ4v) is 2.12. The minimum atomic E-state index is -0.573. The summed E-state index contributed by atoms with van der Waals surface area (Å²) in [5.41, 5.74) is 3.17. The monoisotopic (exact) mass is 288 g/mol. The van der Waals surface area contributed by atoms with E-state index in [1.54, 1.807) is 20.8 Å². The third kappa shape index (κ3) is 4.41. The topological polar surface area (TPSA) is 67.8 Å². The molecular formula is C16H20N2O3. The molecular weight excluding hydrogens is 268 g/mol. The summed E-state index contributed by atoms with van der Waals surface area (Å²) in [5.74, 6) is -0.931. The summed E-state index contributed by atoms with van der Waals surface area (Å²) in [7, 11) is 0. The summed E-state index contributed by atoms with van der Waals surface area (Å²) in [6.45, 7) is 5.40. The zero-order chi connectivity index (χ0) is 15.5. The second-order valence-corrected chi connectivity index (χ2v) is 6.13. The summed E-state index contributed by atoms with van der Waals surface area (Å²) in [4.78, 5) is 23.9. The molecule has 1 atom stereocenters.